The van der Waals surface area contributed by atoms with Crippen molar-refractivity contribution in [2.24, 2.45) is 11.8 Å². The molecule has 0 unspecified atom stereocenters. The highest BCUT2D eigenvalue weighted by Gasteiger charge is 2.27. The zero-order chi connectivity index (χ0) is 15.9. The quantitative estimate of drug-likeness (QED) is 0.488. The maximum absolute atomic E-state index is 12.2. The summed E-state index contributed by atoms with van der Waals surface area (Å²) in [5.41, 5.74) is 0.133. The third-order valence-electron chi connectivity index (χ3n) is 4.49. The molecule has 2 rings (SSSR count). The van der Waals surface area contributed by atoms with Crippen molar-refractivity contribution in [2.75, 3.05) is 0 Å². The van der Waals surface area contributed by atoms with Crippen molar-refractivity contribution in [1.82, 2.24) is 0 Å². The lowest BCUT2D eigenvalue weighted by atomic mass is 9.80. The molecule has 1 saturated carbocycles. The number of hydrogen-bond donors (Lipinski definition) is 1. The molecule has 0 heterocycles. The van der Waals surface area contributed by atoms with Gasteiger partial charge in [-0.25, -0.2) is 0 Å². The van der Waals surface area contributed by atoms with Crippen LogP contribution in [0.2, 0.25) is 0 Å². The maximum atomic E-state index is 12.2. The summed E-state index contributed by atoms with van der Waals surface area (Å²) in [6.45, 7) is 2.20. The van der Waals surface area contributed by atoms with Crippen molar-refractivity contribution in [3.63, 3.8) is 0 Å². The van der Waals surface area contributed by atoms with E-state index in [0.717, 1.165) is 31.6 Å². The molecule has 0 aromatic heterocycles. The monoisotopic (exact) mass is 304 g/mol. The van der Waals surface area contributed by atoms with Crippen LogP contribution < -0.4 is 4.74 Å². The number of carbonyl (C=O) groups excluding carboxylic acids is 2. The lowest BCUT2D eigenvalue weighted by Gasteiger charge is -2.27. The van der Waals surface area contributed by atoms with Gasteiger partial charge in [0.15, 0.2) is 6.29 Å². The second kappa shape index (κ2) is 7.97. The fourth-order valence-corrected chi connectivity index (χ4v) is 3.07. The molecule has 4 nitrogen and oxygen atoms in total. The molecule has 1 fully saturated rings. The summed E-state index contributed by atoms with van der Waals surface area (Å²) in [6.07, 6.45) is 8.25. The summed E-state index contributed by atoms with van der Waals surface area (Å²) < 4.78 is 5.36. The first-order valence-corrected chi connectivity index (χ1v) is 8.14. The highest BCUT2D eigenvalue weighted by molar-refractivity contribution is 5.81. The van der Waals surface area contributed by atoms with Crippen LogP contribution in [-0.2, 0) is 4.79 Å². The standard InChI is InChI=1S/C18H24O4/c1-2-3-4-13-5-7-14(8-6-13)18(21)22-16-9-10-17(20)15(11-16)12-19/h9-14,20H,2-8H2,1H3. The highest BCUT2D eigenvalue weighted by Crippen LogP contribution is 2.33. The van der Waals surface area contributed by atoms with E-state index < -0.39 is 0 Å². The average Bonchev–Trinajstić information content (AvgIpc) is 2.55. The van der Waals surface area contributed by atoms with Crippen LogP contribution in [0, 0.1) is 11.8 Å². The summed E-state index contributed by atoms with van der Waals surface area (Å²) in [5.74, 6) is 0.686. The summed E-state index contributed by atoms with van der Waals surface area (Å²) >= 11 is 0. The van der Waals surface area contributed by atoms with Gasteiger partial charge in [-0.3, -0.25) is 9.59 Å². The Morgan fingerprint density at radius 1 is 1.32 bits per heavy atom. The lowest BCUT2D eigenvalue weighted by Crippen LogP contribution is -2.25. The van der Waals surface area contributed by atoms with Crippen LogP contribution in [-0.4, -0.2) is 17.4 Å². The maximum Gasteiger partial charge on any atom is 0.314 e. The van der Waals surface area contributed by atoms with Gasteiger partial charge in [0.05, 0.1) is 11.5 Å². The molecule has 0 atom stereocenters. The summed E-state index contributed by atoms with van der Waals surface area (Å²) in [7, 11) is 0. The van der Waals surface area contributed by atoms with Gasteiger partial charge < -0.3 is 9.84 Å². The molecule has 0 saturated heterocycles. The number of esters is 1. The molecule has 1 aliphatic rings. The van der Waals surface area contributed by atoms with Crippen molar-refractivity contribution in [1.29, 1.82) is 0 Å². The number of aromatic hydroxyl groups is 1. The van der Waals surface area contributed by atoms with Crippen LogP contribution >= 0.6 is 0 Å². The number of unbranched alkanes of at least 4 members (excludes halogenated alkanes) is 1. The molecule has 0 amide bonds. The second-order valence-electron chi connectivity index (χ2n) is 6.12. The fraction of sp³-hybridized carbons (Fsp3) is 0.556. The van der Waals surface area contributed by atoms with Gasteiger partial charge in [-0.1, -0.05) is 26.2 Å². The third kappa shape index (κ3) is 4.33. The van der Waals surface area contributed by atoms with Gasteiger partial charge >= 0.3 is 5.97 Å². The number of hydrogen-bond acceptors (Lipinski definition) is 4. The molecule has 120 valence electrons. The minimum Gasteiger partial charge on any atom is -0.507 e. The Kier molecular flexibility index (Phi) is 5.99. The van der Waals surface area contributed by atoms with Crippen LogP contribution in [0.5, 0.6) is 11.5 Å². The smallest absolute Gasteiger partial charge is 0.314 e. The molecular weight excluding hydrogens is 280 g/mol. The van der Waals surface area contributed by atoms with E-state index in [1.165, 1.54) is 37.5 Å². The van der Waals surface area contributed by atoms with Crippen LogP contribution in [0.1, 0.15) is 62.2 Å². The number of aldehydes is 1. The van der Waals surface area contributed by atoms with Crippen molar-refractivity contribution in [3.05, 3.63) is 23.8 Å². The molecule has 1 N–H and O–H groups in total. The minimum absolute atomic E-state index is 0.0497. The van der Waals surface area contributed by atoms with E-state index in [1.807, 2.05) is 0 Å². The first-order valence-electron chi connectivity index (χ1n) is 8.14. The molecule has 22 heavy (non-hydrogen) atoms. The van der Waals surface area contributed by atoms with Gasteiger partial charge in [-0.2, -0.15) is 0 Å². The zero-order valence-corrected chi connectivity index (χ0v) is 13.1. The SMILES string of the molecule is CCCCC1CCC(C(=O)Oc2ccc(O)c(C=O)c2)CC1. The zero-order valence-electron chi connectivity index (χ0n) is 13.1. The van der Waals surface area contributed by atoms with Crippen molar-refractivity contribution in [3.8, 4) is 11.5 Å². The van der Waals surface area contributed by atoms with Gasteiger partial charge in [0.2, 0.25) is 0 Å². The van der Waals surface area contributed by atoms with Gasteiger partial charge in [0.25, 0.3) is 0 Å². The van der Waals surface area contributed by atoms with E-state index in [4.69, 9.17) is 4.74 Å². The van der Waals surface area contributed by atoms with E-state index in [-0.39, 0.29) is 23.2 Å². The summed E-state index contributed by atoms with van der Waals surface area (Å²) in [6, 6.07) is 4.27. The summed E-state index contributed by atoms with van der Waals surface area (Å²) in [4.78, 5) is 23.0. The number of phenolic OH excluding ortho intramolecular Hbond substituents is 1. The predicted octanol–water partition coefficient (Wildman–Crippen LogP) is 4.11. The second-order valence-corrected chi connectivity index (χ2v) is 6.12. The molecule has 0 aliphatic heterocycles. The number of carbonyl (C=O) groups is 2. The molecule has 0 radical (unpaired) electrons. The highest BCUT2D eigenvalue weighted by atomic mass is 16.5. The molecule has 0 bridgehead atoms. The molecule has 1 aromatic carbocycles. The van der Waals surface area contributed by atoms with Crippen LogP contribution in [0.15, 0.2) is 18.2 Å². The Labute approximate surface area is 131 Å². The van der Waals surface area contributed by atoms with E-state index in [2.05, 4.69) is 6.92 Å². The largest absolute Gasteiger partial charge is 0.507 e. The van der Waals surface area contributed by atoms with Crippen molar-refractivity contribution < 1.29 is 19.4 Å². The first kappa shape index (κ1) is 16.5. The Balaban J connectivity index is 1.87. The van der Waals surface area contributed by atoms with Gasteiger partial charge in [0, 0.05) is 0 Å². The Bertz CT molecular complexity index is 516. The number of phenols is 1. The predicted molar refractivity (Wildman–Crippen MR) is 84.1 cm³/mol. The van der Waals surface area contributed by atoms with E-state index in [0.29, 0.717) is 12.0 Å². The third-order valence-corrected chi connectivity index (χ3v) is 4.49. The summed E-state index contributed by atoms with van der Waals surface area (Å²) in [5, 5.41) is 9.45. The Morgan fingerprint density at radius 3 is 2.68 bits per heavy atom. The van der Waals surface area contributed by atoms with Crippen LogP contribution in [0.3, 0.4) is 0 Å². The Morgan fingerprint density at radius 2 is 2.05 bits per heavy atom. The van der Waals surface area contributed by atoms with Crippen LogP contribution in [0.25, 0.3) is 0 Å². The van der Waals surface area contributed by atoms with Gasteiger partial charge in [-0.05, 0) is 49.8 Å². The fourth-order valence-electron chi connectivity index (χ4n) is 3.07. The Hall–Kier alpha value is -1.84. The minimum atomic E-state index is -0.225. The van der Waals surface area contributed by atoms with E-state index in [1.54, 1.807) is 0 Å². The molecule has 4 heteroatoms. The van der Waals surface area contributed by atoms with Crippen LogP contribution in [0.4, 0.5) is 0 Å². The van der Waals surface area contributed by atoms with E-state index in [9.17, 15) is 14.7 Å². The van der Waals surface area contributed by atoms with Crippen molar-refractivity contribution in [2.45, 2.75) is 51.9 Å². The molecule has 1 aromatic rings. The first-order chi connectivity index (χ1) is 10.6. The average molecular weight is 304 g/mol. The molecule has 0 spiro atoms. The number of benzene rings is 1. The topological polar surface area (TPSA) is 63.6 Å². The molecule has 1 aliphatic carbocycles. The number of rotatable bonds is 6. The van der Waals surface area contributed by atoms with E-state index >= 15 is 0 Å². The lowest BCUT2D eigenvalue weighted by molar-refractivity contribution is -0.140. The number of ether oxygens (including phenoxy) is 1. The molecular formula is C18H24O4. The normalized spacial score (nSPS) is 21.3. The van der Waals surface area contributed by atoms with Gasteiger partial charge in [-0.15, -0.1) is 0 Å². The van der Waals surface area contributed by atoms with Crippen molar-refractivity contribution >= 4 is 12.3 Å². The van der Waals surface area contributed by atoms with Gasteiger partial charge in [0.1, 0.15) is 11.5 Å².